The van der Waals surface area contributed by atoms with Crippen LogP contribution in [-0.4, -0.2) is 77.2 Å². The lowest BCUT2D eigenvalue weighted by atomic mass is 9.60. The molecule has 3 aromatic rings. The van der Waals surface area contributed by atoms with E-state index in [2.05, 4.69) is 32.0 Å². The van der Waals surface area contributed by atoms with Crippen molar-refractivity contribution in [3.8, 4) is 11.3 Å². The fourth-order valence-corrected chi connectivity index (χ4v) is 6.33. The van der Waals surface area contributed by atoms with E-state index in [1.165, 1.54) is 5.56 Å². The van der Waals surface area contributed by atoms with Crippen LogP contribution >= 0.6 is 0 Å². The number of hydrogen-bond donors (Lipinski definition) is 4. The predicted octanol–water partition coefficient (Wildman–Crippen LogP) is 5.07. The van der Waals surface area contributed by atoms with Gasteiger partial charge in [0, 0.05) is 18.2 Å². The van der Waals surface area contributed by atoms with Crippen molar-refractivity contribution in [1.29, 1.82) is 0 Å². The highest BCUT2D eigenvalue weighted by Crippen LogP contribution is 2.49. The van der Waals surface area contributed by atoms with E-state index in [-0.39, 0.29) is 6.04 Å². The third-order valence-corrected chi connectivity index (χ3v) is 8.85. The molecule has 1 saturated carbocycles. The van der Waals surface area contributed by atoms with Crippen molar-refractivity contribution in [3.05, 3.63) is 72.4 Å². The molecule has 2 heterocycles. The molecule has 0 amide bonds. The van der Waals surface area contributed by atoms with Gasteiger partial charge < -0.3 is 10.2 Å². The number of piperidine rings is 1. The summed E-state index contributed by atoms with van der Waals surface area (Å²) in [5.41, 5.74) is 3.78. The molecule has 246 valence electrons. The first kappa shape index (κ1) is 35.5. The van der Waals surface area contributed by atoms with Gasteiger partial charge in [0.15, 0.2) is 0 Å². The summed E-state index contributed by atoms with van der Waals surface area (Å²) in [6, 6.07) is 19.0. The molecule has 0 bridgehead atoms. The van der Waals surface area contributed by atoms with Crippen LogP contribution in [0.2, 0.25) is 0 Å². The fourth-order valence-electron chi connectivity index (χ4n) is 5.08. The molecule has 1 aliphatic carbocycles. The van der Waals surface area contributed by atoms with E-state index in [1.807, 2.05) is 30.5 Å². The van der Waals surface area contributed by atoms with E-state index in [9.17, 15) is 34.8 Å². The quantitative estimate of drug-likeness (QED) is 0.267. The summed E-state index contributed by atoms with van der Waals surface area (Å²) in [4.78, 5) is 20.6. The van der Waals surface area contributed by atoms with Crippen molar-refractivity contribution < 1.29 is 54.6 Å². The van der Waals surface area contributed by atoms with Gasteiger partial charge in [-0.3, -0.25) is 10.00 Å². The van der Waals surface area contributed by atoms with Crippen molar-refractivity contribution in [3.63, 3.8) is 0 Å². The highest BCUT2D eigenvalue weighted by molar-refractivity contribution is 7.89. The smallest absolute Gasteiger partial charge is 0.475 e. The number of benzene rings is 2. The van der Waals surface area contributed by atoms with Crippen molar-refractivity contribution in [1.82, 2.24) is 19.8 Å². The molecule has 45 heavy (non-hydrogen) atoms. The maximum Gasteiger partial charge on any atom is 0.490 e. The monoisotopic (exact) mass is 664 g/mol. The number of carbonyl (C=O) groups is 2. The standard InChI is InChI=1S/C24H28N4O2S.2C2HF3O2/c29-31(30,22-9-5-2-6-10-22)27-21-15-24(16-21)11-13-28(14-12-24)18-20-17-25-26-23(20)19-7-3-1-4-8-19;2*3-2(4,5)1(6)7/h1-10,17,21,27H,11-16,18H2,(H,25,26);2*(H,6,7). The summed E-state index contributed by atoms with van der Waals surface area (Å²) in [5, 5.41) is 21.7. The normalized spacial score (nSPS) is 16.8. The molecule has 5 rings (SSSR count). The molecular weight excluding hydrogens is 634 g/mol. The second-order valence-corrected chi connectivity index (χ2v) is 12.3. The lowest BCUT2D eigenvalue weighted by Crippen LogP contribution is -2.54. The molecule has 0 radical (unpaired) electrons. The molecule has 1 spiro atoms. The summed E-state index contributed by atoms with van der Waals surface area (Å²) in [5.74, 6) is -5.51. The molecule has 17 heteroatoms. The highest BCUT2D eigenvalue weighted by Gasteiger charge is 2.47. The number of aliphatic carboxylic acids is 2. The minimum absolute atomic E-state index is 0.0512. The average Bonchev–Trinajstić information content (AvgIpc) is 3.42. The number of likely N-dealkylation sites (tertiary alicyclic amines) is 1. The van der Waals surface area contributed by atoms with Crippen LogP contribution in [0.3, 0.4) is 0 Å². The van der Waals surface area contributed by atoms with Gasteiger partial charge in [-0.05, 0) is 61.9 Å². The second kappa shape index (κ2) is 14.4. The summed E-state index contributed by atoms with van der Waals surface area (Å²) in [6.07, 6.45) is -4.11. The van der Waals surface area contributed by atoms with E-state index >= 15 is 0 Å². The number of halogens is 6. The SMILES string of the molecule is O=C(O)C(F)(F)F.O=C(O)C(F)(F)F.O=S(=O)(NC1CC2(CCN(Cc3cn[nH]c3-c3ccccc3)CC2)C1)c1ccccc1. The largest absolute Gasteiger partial charge is 0.490 e. The Bertz CT molecular complexity index is 1490. The molecule has 1 aliphatic heterocycles. The zero-order chi connectivity index (χ0) is 33.5. The zero-order valence-electron chi connectivity index (χ0n) is 23.5. The number of aromatic nitrogens is 2. The van der Waals surface area contributed by atoms with Gasteiger partial charge in [-0.2, -0.15) is 31.4 Å². The summed E-state index contributed by atoms with van der Waals surface area (Å²) in [7, 11) is -3.42. The topological polar surface area (TPSA) is 153 Å². The first-order valence-electron chi connectivity index (χ1n) is 13.4. The number of rotatable bonds is 6. The predicted molar refractivity (Wildman–Crippen MR) is 148 cm³/mol. The summed E-state index contributed by atoms with van der Waals surface area (Å²) < 4.78 is 91.5. The number of nitrogens with zero attached hydrogens (tertiary/aromatic N) is 2. The van der Waals surface area contributed by atoms with E-state index < -0.39 is 34.3 Å². The van der Waals surface area contributed by atoms with Gasteiger partial charge in [0.25, 0.3) is 0 Å². The van der Waals surface area contributed by atoms with Gasteiger partial charge in [-0.25, -0.2) is 22.7 Å². The van der Waals surface area contributed by atoms with E-state index in [1.54, 1.807) is 24.3 Å². The number of carboxylic acids is 2. The lowest BCUT2D eigenvalue weighted by molar-refractivity contribution is -0.193. The lowest BCUT2D eigenvalue weighted by Gasteiger charge is -2.52. The minimum Gasteiger partial charge on any atom is -0.475 e. The van der Waals surface area contributed by atoms with Crippen LogP contribution in [0.4, 0.5) is 26.3 Å². The molecule has 4 N–H and O–H groups in total. The molecule has 0 atom stereocenters. The molecule has 1 aromatic heterocycles. The van der Waals surface area contributed by atoms with Crippen LogP contribution in [0.25, 0.3) is 11.3 Å². The van der Waals surface area contributed by atoms with Crippen LogP contribution in [0.5, 0.6) is 0 Å². The van der Waals surface area contributed by atoms with Gasteiger partial charge in [0.05, 0.1) is 16.8 Å². The van der Waals surface area contributed by atoms with Crippen molar-refractivity contribution >= 4 is 22.0 Å². The third kappa shape index (κ3) is 10.3. The Balaban J connectivity index is 0.000000331. The molecule has 10 nitrogen and oxygen atoms in total. The number of H-pyrrole nitrogens is 1. The minimum atomic E-state index is -5.08. The molecule has 0 unspecified atom stereocenters. The molecular formula is C28H30F6N4O6S. The fraction of sp³-hybridized carbons (Fsp3) is 0.393. The molecule has 2 aliphatic rings. The average molecular weight is 665 g/mol. The van der Waals surface area contributed by atoms with Gasteiger partial charge in [0.2, 0.25) is 10.0 Å². The Morgan fingerprint density at radius 2 is 1.36 bits per heavy atom. The van der Waals surface area contributed by atoms with Crippen molar-refractivity contribution in [2.45, 2.75) is 55.5 Å². The zero-order valence-corrected chi connectivity index (χ0v) is 24.3. The van der Waals surface area contributed by atoms with Gasteiger partial charge >= 0.3 is 24.3 Å². The number of nitrogens with one attached hydrogen (secondary N) is 2. The van der Waals surface area contributed by atoms with Crippen molar-refractivity contribution in [2.24, 2.45) is 5.41 Å². The Kier molecular flexibility index (Phi) is 11.4. The van der Waals surface area contributed by atoms with Gasteiger partial charge in [-0.1, -0.05) is 48.5 Å². The molecule has 1 saturated heterocycles. The Labute approximate surface area is 254 Å². The van der Waals surface area contributed by atoms with Crippen LogP contribution in [0.1, 0.15) is 31.2 Å². The van der Waals surface area contributed by atoms with Crippen LogP contribution in [0, 0.1) is 5.41 Å². The molecule has 2 aromatic carbocycles. The van der Waals surface area contributed by atoms with E-state index in [0.29, 0.717) is 10.3 Å². The van der Waals surface area contributed by atoms with E-state index in [0.717, 1.165) is 56.6 Å². The summed E-state index contributed by atoms with van der Waals surface area (Å²) in [6.45, 7) is 2.97. The first-order valence-corrected chi connectivity index (χ1v) is 14.9. The van der Waals surface area contributed by atoms with Crippen molar-refractivity contribution in [2.75, 3.05) is 13.1 Å². The van der Waals surface area contributed by atoms with Gasteiger partial charge in [0.1, 0.15) is 0 Å². The van der Waals surface area contributed by atoms with Crippen LogP contribution in [0.15, 0.2) is 71.8 Å². The van der Waals surface area contributed by atoms with E-state index in [4.69, 9.17) is 19.8 Å². The number of sulfonamides is 1. The maximum atomic E-state index is 12.6. The Morgan fingerprint density at radius 3 is 1.82 bits per heavy atom. The number of aromatic amines is 1. The highest BCUT2D eigenvalue weighted by atomic mass is 32.2. The third-order valence-electron chi connectivity index (χ3n) is 7.31. The Hall–Kier alpha value is -3.96. The van der Waals surface area contributed by atoms with Crippen LogP contribution < -0.4 is 4.72 Å². The molecule has 2 fully saturated rings. The second-order valence-electron chi connectivity index (χ2n) is 10.6. The first-order chi connectivity index (χ1) is 20.9. The summed E-state index contributed by atoms with van der Waals surface area (Å²) >= 11 is 0. The number of alkyl halides is 6. The Morgan fingerprint density at radius 1 is 0.889 bits per heavy atom. The number of hydrogen-bond acceptors (Lipinski definition) is 6. The van der Waals surface area contributed by atoms with Crippen LogP contribution in [-0.2, 0) is 26.2 Å². The number of carboxylic acid groups (broad SMARTS) is 2. The maximum absolute atomic E-state index is 12.6. The van der Waals surface area contributed by atoms with Gasteiger partial charge in [-0.15, -0.1) is 0 Å².